The topological polar surface area (TPSA) is 80.9 Å². The molecule has 0 fully saturated rings. The molecule has 4 aromatic rings. The van der Waals surface area contributed by atoms with Crippen LogP contribution < -0.4 is 5.56 Å². The highest BCUT2D eigenvalue weighted by Gasteiger charge is 2.13. The highest BCUT2D eigenvalue weighted by molar-refractivity contribution is 5.72. The van der Waals surface area contributed by atoms with E-state index in [-0.39, 0.29) is 12.1 Å². The van der Waals surface area contributed by atoms with Crippen molar-refractivity contribution in [1.82, 2.24) is 23.7 Å². The Kier molecular flexibility index (Phi) is 2.78. The van der Waals surface area contributed by atoms with Crippen molar-refractivity contribution in [1.29, 1.82) is 5.26 Å². The minimum Gasteiger partial charge on any atom is -0.322 e. The summed E-state index contributed by atoms with van der Waals surface area (Å²) in [7, 11) is 1.71. The van der Waals surface area contributed by atoms with Crippen LogP contribution in [0.1, 0.15) is 11.1 Å². The third kappa shape index (κ3) is 1.92. The number of aromatic nitrogens is 5. The van der Waals surface area contributed by atoms with Crippen molar-refractivity contribution in [3.05, 3.63) is 64.6 Å². The Balaban J connectivity index is 1.89. The Hall–Kier alpha value is -3.40. The van der Waals surface area contributed by atoms with Crippen molar-refractivity contribution in [2.75, 3.05) is 0 Å². The van der Waals surface area contributed by atoms with Gasteiger partial charge in [0.25, 0.3) is 5.56 Å². The molecule has 7 heteroatoms. The second-order valence-electron chi connectivity index (χ2n) is 5.31. The molecule has 0 amide bonds. The highest BCUT2D eigenvalue weighted by atomic mass is 16.1. The molecule has 0 radical (unpaired) electrons. The molecule has 0 aromatic carbocycles. The molecular weight excluding hydrogens is 292 g/mol. The number of aryl methyl sites for hydroxylation is 1. The maximum absolute atomic E-state index is 12.6. The van der Waals surface area contributed by atoms with E-state index in [9.17, 15) is 10.1 Å². The molecule has 4 aromatic heterocycles. The van der Waals surface area contributed by atoms with Gasteiger partial charge in [-0.05, 0) is 12.1 Å². The molecule has 23 heavy (non-hydrogen) atoms. The minimum absolute atomic E-state index is 0.172. The maximum atomic E-state index is 12.6. The van der Waals surface area contributed by atoms with Gasteiger partial charge in [0.2, 0.25) is 0 Å². The van der Waals surface area contributed by atoms with Crippen molar-refractivity contribution in [2.45, 2.75) is 6.54 Å². The number of hydrogen-bond acceptors (Lipinski definition) is 4. The fraction of sp³-hybridized carbons (Fsp3) is 0.125. The normalized spacial score (nSPS) is 11.1. The molecule has 0 aliphatic heterocycles. The summed E-state index contributed by atoms with van der Waals surface area (Å²) in [6.07, 6.45) is 6.81. The van der Waals surface area contributed by atoms with E-state index in [4.69, 9.17) is 0 Å². The van der Waals surface area contributed by atoms with Gasteiger partial charge in [0.15, 0.2) is 5.52 Å². The van der Waals surface area contributed by atoms with Gasteiger partial charge in [-0.15, -0.1) is 0 Å². The molecule has 0 N–H and O–H groups in total. The second kappa shape index (κ2) is 4.81. The first kappa shape index (κ1) is 13.3. The van der Waals surface area contributed by atoms with Crippen molar-refractivity contribution >= 4 is 16.6 Å². The van der Waals surface area contributed by atoms with E-state index in [0.717, 1.165) is 11.1 Å². The lowest BCUT2D eigenvalue weighted by Gasteiger charge is -2.04. The number of rotatable bonds is 2. The fourth-order valence-corrected chi connectivity index (χ4v) is 2.81. The zero-order chi connectivity index (χ0) is 16.0. The number of nitrogens with zero attached hydrogens (tertiary/aromatic N) is 6. The smallest absolute Gasteiger partial charge is 0.279 e. The second-order valence-corrected chi connectivity index (χ2v) is 5.31. The number of pyridine rings is 1. The zero-order valence-corrected chi connectivity index (χ0v) is 12.3. The Morgan fingerprint density at radius 3 is 3.04 bits per heavy atom. The van der Waals surface area contributed by atoms with Crippen LogP contribution in [0.3, 0.4) is 0 Å². The van der Waals surface area contributed by atoms with Crippen LogP contribution in [0.2, 0.25) is 0 Å². The Labute approximate surface area is 130 Å². The lowest BCUT2D eigenvalue weighted by molar-refractivity contribution is 0.729. The molecular formula is C16H12N6O. The van der Waals surface area contributed by atoms with Gasteiger partial charge in [0.1, 0.15) is 11.6 Å². The van der Waals surface area contributed by atoms with Crippen molar-refractivity contribution in [3.8, 4) is 6.07 Å². The van der Waals surface area contributed by atoms with Gasteiger partial charge in [-0.3, -0.25) is 14.0 Å². The van der Waals surface area contributed by atoms with Gasteiger partial charge in [0, 0.05) is 25.0 Å². The molecule has 7 nitrogen and oxygen atoms in total. The molecule has 0 aliphatic carbocycles. The molecule has 0 saturated heterocycles. The summed E-state index contributed by atoms with van der Waals surface area (Å²) in [6, 6.07) is 7.89. The van der Waals surface area contributed by atoms with Gasteiger partial charge >= 0.3 is 0 Å². The van der Waals surface area contributed by atoms with Crippen LogP contribution in [0.4, 0.5) is 0 Å². The third-order valence-electron chi connectivity index (χ3n) is 3.93. The van der Waals surface area contributed by atoms with Crippen LogP contribution in [0.25, 0.3) is 16.6 Å². The number of fused-ring (bicyclic) bond motifs is 2. The largest absolute Gasteiger partial charge is 0.322 e. The first-order valence-electron chi connectivity index (χ1n) is 7.05. The van der Waals surface area contributed by atoms with Crippen molar-refractivity contribution in [3.63, 3.8) is 0 Å². The quantitative estimate of drug-likeness (QED) is 0.559. The average Bonchev–Trinajstić information content (AvgIpc) is 3.10. The van der Waals surface area contributed by atoms with Crippen LogP contribution in [-0.2, 0) is 13.6 Å². The number of nitriles is 1. The molecule has 0 spiro atoms. The predicted octanol–water partition coefficient (Wildman–Crippen LogP) is 1.30. The monoisotopic (exact) mass is 304 g/mol. The molecule has 4 rings (SSSR count). The molecule has 0 saturated carbocycles. The van der Waals surface area contributed by atoms with E-state index >= 15 is 0 Å². The molecule has 0 aliphatic rings. The van der Waals surface area contributed by atoms with Gasteiger partial charge in [-0.1, -0.05) is 6.07 Å². The summed E-state index contributed by atoms with van der Waals surface area (Å²) >= 11 is 0. The van der Waals surface area contributed by atoms with Gasteiger partial charge < -0.3 is 4.40 Å². The van der Waals surface area contributed by atoms with Crippen LogP contribution >= 0.6 is 0 Å². The summed E-state index contributed by atoms with van der Waals surface area (Å²) in [5.41, 5.74) is 3.03. The number of hydrogen-bond donors (Lipinski definition) is 0. The third-order valence-corrected chi connectivity index (χ3v) is 3.93. The van der Waals surface area contributed by atoms with Crippen LogP contribution in [0, 0.1) is 11.3 Å². The van der Waals surface area contributed by atoms with E-state index in [2.05, 4.69) is 16.2 Å². The first-order chi connectivity index (χ1) is 11.2. The van der Waals surface area contributed by atoms with Gasteiger partial charge in [-0.25, -0.2) is 4.98 Å². The zero-order valence-electron chi connectivity index (χ0n) is 12.3. The van der Waals surface area contributed by atoms with E-state index in [1.165, 1.54) is 15.6 Å². The maximum Gasteiger partial charge on any atom is 0.279 e. The molecule has 0 bridgehead atoms. The van der Waals surface area contributed by atoms with Crippen molar-refractivity contribution in [2.24, 2.45) is 7.05 Å². The van der Waals surface area contributed by atoms with Gasteiger partial charge in [-0.2, -0.15) is 10.4 Å². The van der Waals surface area contributed by atoms with Crippen LogP contribution in [0.15, 0.2) is 47.9 Å². The average molecular weight is 304 g/mol. The molecule has 0 unspecified atom stereocenters. The van der Waals surface area contributed by atoms with Gasteiger partial charge in [0.05, 0.1) is 30.1 Å². The summed E-state index contributed by atoms with van der Waals surface area (Å²) < 4.78 is 4.90. The lowest BCUT2D eigenvalue weighted by Crippen LogP contribution is -2.22. The predicted molar refractivity (Wildman–Crippen MR) is 84.0 cm³/mol. The van der Waals surface area contributed by atoms with Crippen LogP contribution in [-0.4, -0.2) is 23.7 Å². The Bertz CT molecular complexity index is 1140. The van der Waals surface area contributed by atoms with E-state index in [1.54, 1.807) is 13.2 Å². The fourth-order valence-electron chi connectivity index (χ4n) is 2.81. The molecule has 4 heterocycles. The van der Waals surface area contributed by atoms with E-state index in [1.807, 2.05) is 35.0 Å². The minimum atomic E-state index is -0.172. The molecule has 0 atom stereocenters. The Morgan fingerprint density at radius 2 is 2.22 bits per heavy atom. The van der Waals surface area contributed by atoms with Crippen LogP contribution in [0.5, 0.6) is 0 Å². The lowest BCUT2D eigenvalue weighted by atomic mass is 10.2. The summed E-state index contributed by atoms with van der Waals surface area (Å²) in [4.78, 5) is 16.9. The first-order valence-corrected chi connectivity index (χ1v) is 7.05. The SMILES string of the molecule is Cn1ncc2ncn(Cc3cn4ccccc4c3C#N)c(=O)c21. The van der Waals surface area contributed by atoms with E-state index < -0.39 is 0 Å². The summed E-state index contributed by atoms with van der Waals surface area (Å²) in [5, 5.41) is 13.5. The Morgan fingerprint density at radius 1 is 1.35 bits per heavy atom. The summed E-state index contributed by atoms with van der Waals surface area (Å²) in [5.74, 6) is 0. The highest BCUT2D eigenvalue weighted by Crippen LogP contribution is 2.18. The van der Waals surface area contributed by atoms with Crippen molar-refractivity contribution < 1.29 is 0 Å². The standard InChI is InChI=1S/C16H12N6O/c1-20-15-13(7-19-20)18-10-22(16(15)23)9-11-8-21-5-3-2-4-14(21)12(11)6-17/h2-5,7-8,10H,9H2,1H3. The summed E-state index contributed by atoms with van der Waals surface area (Å²) in [6.45, 7) is 0.289. The molecule has 112 valence electrons. The van der Waals surface area contributed by atoms with E-state index in [0.29, 0.717) is 16.6 Å².